The van der Waals surface area contributed by atoms with Crippen molar-refractivity contribution in [2.75, 3.05) is 18.9 Å². The number of nitrogens with two attached hydrogens (primary N) is 1. The Morgan fingerprint density at radius 2 is 2.50 bits per heavy atom. The lowest BCUT2D eigenvalue weighted by Gasteiger charge is -2.16. The molecule has 1 aromatic rings. The van der Waals surface area contributed by atoms with Gasteiger partial charge in [0.05, 0.1) is 13.2 Å². The lowest BCUT2D eigenvalue weighted by atomic mass is 10.1. The van der Waals surface area contributed by atoms with Crippen LogP contribution in [0.2, 0.25) is 0 Å². The van der Waals surface area contributed by atoms with Crippen LogP contribution in [0.3, 0.4) is 0 Å². The van der Waals surface area contributed by atoms with Crippen LogP contribution in [-0.4, -0.2) is 34.0 Å². The zero-order valence-corrected chi connectivity index (χ0v) is 8.41. The zero-order valence-electron chi connectivity index (χ0n) is 8.41. The van der Waals surface area contributed by atoms with Crippen molar-refractivity contribution in [3.05, 3.63) is 22.7 Å². The number of halogens is 1. The molecule has 3 unspecified atom stereocenters. The van der Waals surface area contributed by atoms with Gasteiger partial charge >= 0.3 is 5.69 Å². The molecule has 1 saturated heterocycles. The molecule has 0 aliphatic carbocycles. The van der Waals surface area contributed by atoms with E-state index in [1.54, 1.807) is 0 Å². The van der Waals surface area contributed by atoms with E-state index < -0.39 is 24.0 Å². The number of hydrogen-bond donors (Lipinski definition) is 2. The van der Waals surface area contributed by atoms with Crippen LogP contribution in [0.1, 0.15) is 6.23 Å². The Hall–Kier alpha value is -1.47. The van der Waals surface area contributed by atoms with Crippen LogP contribution in [0.5, 0.6) is 0 Å². The molecule has 0 amide bonds. The van der Waals surface area contributed by atoms with E-state index in [1.165, 1.54) is 12.3 Å². The van der Waals surface area contributed by atoms with Crippen LogP contribution in [0.4, 0.5) is 10.2 Å². The third-order valence-electron chi connectivity index (χ3n) is 2.56. The second kappa shape index (κ2) is 4.18. The number of hydrogen-bond acceptors (Lipinski definition) is 5. The van der Waals surface area contributed by atoms with Gasteiger partial charge in [-0.1, -0.05) is 0 Å². The zero-order chi connectivity index (χ0) is 11.7. The topological polar surface area (TPSA) is 90.4 Å². The fourth-order valence-corrected chi connectivity index (χ4v) is 1.65. The van der Waals surface area contributed by atoms with E-state index in [4.69, 9.17) is 15.6 Å². The van der Waals surface area contributed by atoms with Crippen molar-refractivity contribution in [2.24, 2.45) is 5.92 Å². The van der Waals surface area contributed by atoms with Crippen LogP contribution in [-0.2, 0) is 4.74 Å². The highest BCUT2D eigenvalue weighted by Gasteiger charge is 2.38. The van der Waals surface area contributed by atoms with Gasteiger partial charge in [0.2, 0.25) is 0 Å². The van der Waals surface area contributed by atoms with E-state index in [9.17, 15) is 9.18 Å². The lowest BCUT2D eigenvalue weighted by molar-refractivity contribution is 0.0177. The van der Waals surface area contributed by atoms with Gasteiger partial charge in [0.25, 0.3) is 0 Å². The second-order valence-electron chi connectivity index (χ2n) is 3.65. The number of ether oxygens (including phenoxy) is 1. The second-order valence-corrected chi connectivity index (χ2v) is 3.65. The largest absolute Gasteiger partial charge is 0.396 e. The number of aliphatic hydroxyl groups excluding tert-OH is 1. The fourth-order valence-electron chi connectivity index (χ4n) is 1.65. The standard InChI is InChI=1S/C9H12FN3O3/c10-7-5(3-14)4-16-8(7)13-2-1-6(11)12-9(13)15/h1-2,5,7-8,14H,3-4H2,(H2,11,12,15). The van der Waals surface area contributed by atoms with E-state index in [2.05, 4.69) is 4.98 Å². The van der Waals surface area contributed by atoms with Crippen molar-refractivity contribution < 1.29 is 14.2 Å². The summed E-state index contributed by atoms with van der Waals surface area (Å²) in [6, 6.07) is 1.39. The maximum Gasteiger partial charge on any atom is 0.351 e. The number of nitrogens with zero attached hydrogens (tertiary/aromatic N) is 2. The Bertz CT molecular complexity index is 436. The molecule has 1 aliphatic heterocycles. The summed E-state index contributed by atoms with van der Waals surface area (Å²) in [5.41, 5.74) is 4.65. The maximum absolute atomic E-state index is 13.7. The van der Waals surface area contributed by atoms with Crippen molar-refractivity contribution in [1.82, 2.24) is 9.55 Å². The van der Waals surface area contributed by atoms with Crippen molar-refractivity contribution >= 4 is 5.82 Å². The minimum absolute atomic E-state index is 0.0772. The van der Waals surface area contributed by atoms with Crippen molar-refractivity contribution in [3.63, 3.8) is 0 Å². The van der Waals surface area contributed by atoms with Gasteiger partial charge in [-0.05, 0) is 6.07 Å². The molecule has 0 aromatic carbocycles. The molecule has 88 valence electrons. The molecule has 1 aromatic heterocycles. The summed E-state index contributed by atoms with van der Waals surface area (Å²) >= 11 is 0. The number of aromatic nitrogens is 2. The van der Waals surface area contributed by atoms with Crippen LogP contribution < -0.4 is 11.4 Å². The van der Waals surface area contributed by atoms with Crippen LogP contribution >= 0.6 is 0 Å². The summed E-state index contributed by atoms with van der Waals surface area (Å²) in [5, 5.41) is 8.87. The average molecular weight is 229 g/mol. The van der Waals surface area contributed by atoms with Gasteiger partial charge in [-0.15, -0.1) is 0 Å². The van der Waals surface area contributed by atoms with Crippen LogP contribution in [0, 0.1) is 5.92 Å². The molecular weight excluding hydrogens is 217 g/mol. The molecule has 0 saturated carbocycles. The first kappa shape index (κ1) is 11.0. The minimum Gasteiger partial charge on any atom is -0.396 e. The van der Waals surface area contributed by atoms with E-state index in [0.717, 1.165) is 4.57 Å². The summed E-state index contributed by atoms with van der Waals surface area (Å²) in [7, 11) is 0. The first-order valence-corrected chi connectivity index (χ1v) is 4.84. The van der Waals surface area contributed by atoms with Crippen molar-refractivity contribution in [2.45, 2.75) is 12.4 Å². The van der Waals surface area contributed by atoms with Gasteiger partial charge < -0.3 is 15.6 Å². The Morgan fingerprint density at radius 1 is 1.75 bits per heavy atom. The van der Waals surface area contributed by atoms with E-state index in [-0.39, 0.29) is 19.0 Å². The van der Waals surface area contributed by atoms with Gasteiger partial charge in [-0.25, -0.2) is 9.18 Å². The summed E-state index contributed by atoms with van der Waals surface area (Å²) in [6.45, 7) is -0.228. The van der Waals surface area contributed by atoms with Crippen LogP contribution in [0.15, 0.2) is 17.1 Å². The summed E-state index contributed by atoms with van der Waals surface area (Å²) < 4.78 is 19.9. The molecule has 0 bridgehead atoms. The number of rotatable bonds is 2. The summed E-state index contributed by atoms with van der Waals surface area (Å²) in [4.78, 5) is 14.9. The number of nitrogen functional groups attached to an aromatic ring is 1. The monoisotopic (exact) mass is 229 g/mol. The molecular formula is C9H12FN3O3. The Morgan fingerprint density at radius 3 is 3.06 bits per heavy atom. The number of anilines is 1. The van der Waals surface area contributed by atoms with Crippen LogP contribution in [0.25, 0.3) is 0 Å². The van der Waals surface area contributed by atoms with E-state index in [0.29, 0.717) is 0 Å². The molecule has 7 heteroatoms. The highest BCUT2D eigenvalue weighted by molar-refractivity contribution is 5.23. The van der Waals surface area contributed by atoms with Gasteiger partial charge in [-0.3, -0.25) is 4.57 Å². The third kappa shape index (κ3) is 1.79. The predicted octanol–water partition coefficient (Wildman–Crippen LogP) is -0.699. The van der Waals surface area contributed by atoms with Gasteiger partial charge in [0.1, 0.15) is 5.82 Å². The van der Waals surface area contributed by atoms with Gasteiger partial charge in [0, 0.05) is 12.1 Å². The Kier molecular flexibility index (Phi) is 2.88. The van der Waals surface area contributed by atoms with Crippen molar-refractivity contribution in [3.8, 4) is 0 Å². The molecule has 2 rings (SSSR count). The quantitative estimate of drug-likeness (QED) is 0.700. The minimum atomic E-state index is -1.42. The smallest absolute Gasteiger partial charge is 0.351 e. The number of alkyl halides is 1. The predicted molar refractivity (Wildman–Crippen MR) is 53.4 cm³/mol. The first-order chi connectivity index (χ1) is 7.63. The fraction of sp³-hybridized carbons (Fsp3) is 0.556. The SMILES string of the molecule is Nc1ccn(C2OCC(CO)C2F)c(=O)n1. The maximum atomic E-state index is 13.7. The van der Waals surface area contributed by atoms with Gasteiger partial charge in [0.15, 0.2) is 12.4 Å². The lowest BCUT2D eigenvalue weighted by Crippen LogP contribution is -2.32. The molecule has 0 radical (unpaired) electrons. The Labute approximate surface area is 90.5 Å². The third-order valence-corrected chi connectivity index (χ3v) is 2.56. The molecule has 3 atom stereocenters. The average Bonchev–Trinajstić information content (AvgIpc) is 2.60. The molecule has 6 nitrogen and oxygen atoms in total. The first-order valence-electron chi connectivity index (χ1n) is 4.84. The Balaban J connectivity index is 2.29. The molecule has 0 spiro atoms. The molecule has 1 fully saturated rings. The summed E-state index contributed by atoms with van der Waals surface area (Å²) in [6.07, 6.45) is -1.12. The van der Waals surface area contributed by atoms with E-state index >= 15 is 0 Å². The highest BCUT2D eigenvalue weighted by atomic mass is 19.1. The van der Waals surface area contributed by atoms with E-state index in [1.807, 2.05) is 0 Å². The normalized spacial score (nSPS) is 29.5. The number of aliphatic hydroxyl groups is 1. The molecule has 3 N–H and O–H groups in total. The highest BCUT2D eigenvalue weighted by Crippen LogP contribution is 2.29. The summed E-state index contributed by atoms with van der Waals surface area (Å²) in [5.74, 6) is -0.525. The van der Waals surface area contributed by atoms with Crippen molar-refractivity contribution in [1.29, 1.82) is 0 Å². The molecule has 16 heavy (non-hydrogen) atoms. The molecule has 1 aliphatic rings. The molecule has 2 heterocycles. The van der Waals surface area contributed by atoms with Gasteiger partial charge in [-0.2, -0.15) is 4.98 Å².